The molecule has 1 amide bonds. The van der Waals surface area contributed by atoms with Gasteiger partial charge in [0, 0.05) is 9.26 Å². The first-order chi connectivity index (χ1) is 8.58. The normalized spacial score (nSPS) is 10.2. The highest BCUT2D eigenvalue weighted by Crippen LogP contribution is 2.21. The average Bonchev–Trinajstić information content (AvgIpc) is 2.28. The first kappa shape index (κ1) is 13.3. The lowest BCUT2D eigenvalue weighted by atomic mass is 10.2. The van der Waals surface area contributed by atoms with E-state index in [1.54, 1.807) is 18.2 Å². The number of hydrogen-bond donors (Lipinski definition) is 1. The summed E-state index contributed by atoms with van der Waals surface area (Å²) in [5.74, 6) is -1.19. The van der Waals surface area contributed by atoms with Crippen molar-refractivity contribution >= 4 is 45.8 Å². The highest BCUT2D eigenvalue weighted by molar-refractivity contribution is 14.1. The SMILES string of the molecule is O=C(Nc1cccc(I)c1)c1c(F)cccc1Cl. The molecule has 2 rings (SSSR count). The van der Waals surface area contributed by atoms with E-state index < -0.39 is 11.7 Å². The molecule has 2 aromatic carbocycles. The Kier molecular flexibility index (Phi) is 4.19. The molecule has 0 aliphatic rings. The minimum absolute atomic E-state index is 0.0955. The smallest absolute Gasteiger partial charge is 0.260 e. The predicted molar refractivity (Wildman–Crippen MR) is 78.5 cm³/mol. The van der Waals surface area contributed by atoms with Gasteiger partial charge in [-0.1, -0.05) is 23.7 Å². The van der Waals surface area contributed by atoms with Gasteiger partial charge in [0.25, 0.3) is 5.91 Å². The van der Waals surface area contributed by atoms with Crippen molar-refractivity contribution < 1.29 is 9.18 Å². The summed E-state index contributed by atoms with van der Waals surface area (Å²) >= 11 is 7.95. The van der Waals surface area contributed by atoms with Gasteiger partial charge in [0.15, 0.2) is 0 Å². The number of anilines is 1. The van der Waals surface area contributed by atoms with E-state index in [0.29, 0.717) is 5.69 Å². The van der Waals surface area contributed by atoms with Crippen molar-refractivity contribution in [1.29, 1.82) is 0 Å². The molecule has 2 aromatic rings. The molecule has 0 aliphatic heterocycles. The van der Waals surface area contributed by atoms with Gasteiger partial charge in [-0.3, -0.25) is 4.79 Å². The van der Waals surface area contributed by atoms with Gasteiger partial charge < -0.3 is 5.32 Å². The molecule has 0 spiro atoms. The van der Waals surface area contributed by atoms with E-state index in [1.165, 1.54) is 18.2 Å². The lowest BCUT2D eigenvalue weighted by molar-refractivity contribution is 0.102. The molecule has 0 bridgehead atoms. The fourth-order valence-corrected chi connectivity index (χ4v) is 2.27. The summed E-state index contributed by atoms with van der Waals surface area (Å²) in [5.41, 5.74) is 0.462. The van der Waals surface area contributed by atoms with Crippen LogP contribution in [0.3, 0.4) is 0 Å². The highest BCUT2D eigenvalue weighted by atomic mass is 127. The summed E-state index contributed by atoms with van der Waals surface area (Å²) < 4.78 is 14.5. The fraction of sp³-hybridized carbons (Fsp3) is 0. The molecule has 92 valence electrons. The molecule has 0 unspecified atom stereocenters. The molecule has 0 radical (unpaired) electrons. The van der Waals surface area contributed by atoms with Crippen molar-refractivity contribution in [1.82, 2.24) is 0 Å². The summed E-state index contributed by atoms with van der Waals surface area (Å²) in [4.78, 5) is 11.9. The Labute approximate surface area is 122 Å². The van der Waals surface area contributed by atoms with Gasteiger partial charge in [-0.2, -0.15) is 0 Å². The highest BCUT2D eigenvalue weighted by Gasteiger charge is 2.15. The van der Waals surface area contributed by atoms with Crippen LogP contribution in [0.15, 0.2) is 42.5 Å². The van der Waals surface area contributed by atoms with E-state index in [0.717, 1.165) is 3.57 Å². The van der Waals surface area contributed by atoms with Crippen molar-refractivity contribution in [2.45, 2.75) is 0 Å². The Morgan fingerprint density at radius 3 is 2.61 bits per heavy atom. The molecule has 0 atom stereocenters. The zero-order valence-electron chi connectivity index (χ0n) is 9.08. The maximum atomic E-state index is 13.5. The third-order valence-corrected chi connectivity index (χ3v) is 3.26. The molecule has 0 saturated carbocycles. The lowest BCUT2D eigenvalue weighted by Gasteiger charge is -2.07. The van der Waals surface area contributed by atoms with Gasteiger partial charge >= 0.3 is 0 Å². The summed E-state index contributed by atoms with van der Waals surface area (Å²) in [6.45, 7) is 0. The molecule has 0 aromatic heterocycles. The van der Waals surface area contributed by atoms with Crippen molar-refractivity contribution in [2.75, 3.05) is 5.32 Å². The molecule has 2 nitrogen and oxygen atoms in total. The van der Waals surface area contributed by atoms with Crippen molar-refractivity contribution in [3.63, 3.8) is 0 Å². The largest absolute Gasteiger partial charge is 0.322 e. The number of amides is 1. The Morgan fingerprint density at radius 2 is 1.94 bits per heavy atom. The van der Waals surface area contributed by atoms with Crippen LogP contribution < -0.4 is 5.32 Å². The van der Waals surface area contributed by atoms with E-state index in [2.05, 4.69) is 27.9 Å². The fourth-order valence-electron chi connectivity index (χ4n) is 1.47. The van der Waals surface area contributed by atoms with Gasteiger partial charge in [-0.25, -0.2) is 4.39 Å². The van der Waals surface area contributed by atoms with Crippen LogP contribution in [0.2, 0.25) is 5.02 Å². The van der Waals surface area contributed by atoms with E-state index in [9.17, 15) is 9.18 Å². The van der Waals surface area contributed by atoms with Crippen LogP contribution in [0.4, 0.5) is 10.1 Å². The van der Waals surface area contributed by atoms with Crippen molar-refractivity contribution in [3.8, 4) is 0 Å². The number of carbonyl (C=O) groups is 1. The number of benzene rings is 2. The molecule has 0 fully saturated rings. The molecule has 0 saturated heterocycles. The first-order valence-electron chi connectivity index (χ1n) is 5.09. The van der Waals surface area contributed by atoms with Crippen molar-refractivity contribution in [2.24, 2.45) is 0 Å². The van der Waals surface area contributed by atoms with E-state index in [-0.39, 0.29) is 10.6 Å². The van der Waals surface area contributed by atoms with E-state index in [4.69, 9.17) is 11.6 Å². The zero-order chi connectivity index (χ0) is 13.1. The van der Waals surface area contributed by atoms with Crippen LogP contribution in [0.25, 0.3) is 0 Å². The van der Waals surface area contributed by atoms with Crippen LogP contribution in [0.1, 0.15) is 10.4 Å². The minimum atomic E-state index is -0.634. The average molecular weight is 376 g/mol. The van der Waals surface area contributed by atoms with Gasteiger partial charge in [0.2, 0.25) is 0 Å². The van der Waals surface area contributed by atoms with Gasteiger partial charge in [0.05, 0.1) is 10.6 Å². The molecular formula is C13H8ClFINO. The quantitative estimate of drug-likeness (QED) is 0.778. The summed E-state index contributed by atoms with van der Waals surface area (Å²) in [6.07, 6.45) is 0. The monoisotopic (exact) mass is 375 g/mol. The Morgan fingerprint density at radius 1 is 1.22 bits per heavy atom. The summed E-state index contributed by atoms with van der Waals surface area (Å²) in [7, 11) is 0. The lowest BCUT2D eigenvalue weighted by Crippen LogP contribution is -2.14. The Bertz CT molecular complexity index is 583. The van der Waals surface area contributed by atoms with Gasteiger partial charge in [-0.15, -0.1) is 0 Å². The van der Waals surface area contributed by atoms with Crippen molar-refractivity contribution in [3.05, 3.63) is 62.4 Å². The molecule has 0 heterocycles. The number of nitrogens with one attached hydrogen (secondary N) is 1. The summed E-state index contributed by atoms with van der Waals surface area (Å²) in [5, 5.41) is 2.71. The molecule has 0 aliphatic carbocycles. The van der Waals surface area contributed by atoms with Crippen LogP contribution >= 0.6 is 34.2 Å². The van der Waals surface area contributed by atoms with Crippen LogP contribution in [0.5, 0.6) is 0 Å². The topological polar surface area (TPSA) is 29.1 Å². The zero-order valence-corrected chi connectivity index (χ0v) is 12.0. The predicted octanol–water partition coefficient (Wildman–Crippen LogP) is 4.34. The standard InChI is InChI=1S/C13H8ClFINO/c14-10-5-2-6-11(15)12(10)13(18)17-9-4-1-3-8(16)7-9/h1-7H,(H,17,18). The first-order valence-corrected chi connectivity index (χ1v) is 6.54. The second-order valence-electron chi connectivity index (χ2n) is 3.56. The maximum absolute atomic E-state index is 13.5. The number of hydrogen-bond acceptors (Lipinski definition) is 1. The third-order valence-electron chi connectivity index (χ3n) is 2.27. The number of halogens is 3. The van der Waals surface area contributed by atoms with Crippen LogP contribution in [-0.2, 0) is 0 Å². The number of carbonyl (C=O) groups excluding carboxylic acids is 1. The summed E-state index contributed by atoms with van der Waals surface area (Å²) in [6, 6.07) is 11.4. The van der Waals surface area contributed by atoms with Gasteiger partial charge in [0.1, 0.15) is 5.82 Å². The minimum Gasteiger partial charge on any atom is -0.322 e. The van der Waals surface area contributed by atoms with Gasteiger partial charge in [-0.05, 0) is 52.9 Å². The van der Waals surface area contributed by atoms with Crippen LogP contribution in [0, 0.1) is 9.39 Å². The third kappa shape index (κ3) is 3.00. The second kappa shape index (κ2) is 5.67. The number of rotatable bonds is 2. The Hall–Kier alpha value is -1.14. The molecular weight excluding hydrogens is 368 g/mol. The van der Waals surface area contributed by atoms with Crippen LogP contribution in [-0.4, -0.2) is 5.91 Å². The van der Waals surface area contributed by atoms with E-state index in [1.807, 2.05) is 6.07 Å². The Balaban J connectivity index is 2.28. The molecule has 5 heteroatoms. The molecule has 1 N–H and O–H groups in total. The molecule has 18 heavy (non-hydrogen) atoms. The maximum Gasteiger partial charge on any atom is 0.260 e. The second-order valence-corrected chi connectivity index (χ2v) is 5.21. The van der Waals surface area contributed by atoms with E-state index >= 15 is 0 Å².